The molecule has 0 spiro atoms. The molecule has 0 fully saturated rings. The molecular formula is C28H55NO2. The van der Waals surface area contributed by atoms with Crippen LogP contribution in [0.1, 0.15) is 135 Å². The number of ether oxygens (including phenoxy) is 1. The van der Waals surface area contributed by atoms with Gasteiger partial charge in [0.1, 0.15) is 6.61 Å². The average molecular weight is 438 g/mol. The van der Waals surface area contributed by atoms with Crippen LogP contribution in [0.3, 0.4) is 0 Å². The number of likely N-dealkylation sites (N-methyl/N-ethyl adjacent to an activating group) is 1. The summed E-state index contributed by atoms with van der Waals surface area (Å²) in [5, 5.41) is 0. The molecule has 0 N–H and O–H groups in total. The number of allylic oxidation sites excluding steroid dienone is 2. The van der Waals surface area contributed by atoms with E-state index in [1.807, 2.05) is 19.0 Å². The number of carbonyl (C=O) groups excluding carboxylic acids is 1. The SMILES string of the molecule is CCCCCCCCCCCCCCCCC=CCCCCCC(=O)OCCN(C)C. The van der Waals surface area contributed by atoms with Crippen molar-refractivity contribution in [3.05, 3.63) is 12.2 Å². The van der Waals surface area contributed by atoms with E-state index in [-0.39, 0.29) is 5.97 Å². The number of rotatable bonds is 24. The van der Waals surface area contributed by atoms with Gasteiger partial charge >= 0.3 is 5.97 Å². The summed E-state index contributed by atoms with van der Waals surface area (Å²) in [6.07, 6.45) is 30.8. The minimum absolute atomic E-state index is 0.0461. The van der Waals surface area contributed by atoms with Crippen LogP contribution in [-0.4, -0.2) is 38.1 Å². The van der Waals surface area contributed by atoms with Gasteiger partial charge in [-0.3, -0.25) is 4.79 Å². The van der Waals surface area contributed by atoms with Crippen LogP contribution in [0.2, 0.25) is 0 Å². The van der Waals surface area contributed by atoms with E-state index in [0.29, 0.717) is 13.0 Å². The van der Waals surface area contributed by atoms with Crippen molar-refractivity contribution in [3.8, 4) is 0 Å². The van der Waals surface area contributed by atoms with Crippen LogP contribution in [0.5, 0.6) is 0 Å². The molecule has 0 rings (SSSR count). The fourth-order valence-electron chi connectivity index (χ4n) is 3.81. The predicted octanol–water partition coefficient (Wildman–Crippen LogP) is 8.47. The molecule has 0 unspecified atom stereocenters. The number of esters is 1. The van der Waals surface area contributed by atoms with Crippen molar-refractivity contribution >= 4 is 5.97 Å². The van der Waals surface area contributed by atoms with E-state index < -0.39 is 0 Å². The van der Waals surface area contributed by atoms with E-state index >= 15 is 0 Å². The number of carbonyl (C=O) groups is 1. The Balaban J connectivity index is 3.17. The third kappa shape index (κ3) is 27.1. The molecule has 3 heteroatoms. The zero-order valence-electron chi connectivity index (χ0n) is 21.5. The third-order valence-corrected chi connectivity index (χ3v) is 5.94. The van der Waals surface area contributed by atoms with E-state index in [1.54, 1.807) is 0 Å². The number of nitrogens with zero attached hydrogens (tertiary/aromatic N) is 1. The zero-order chi connectivity index (χ0) is 22.8. The largest absolute Gasteiger partial charge is 0.464 e. The fraction of sp³-hybridized carbons (Fsp3) is 0.893. The normalized spacial score (nSPS) is 11.6. The quantitative estimate of drug-likeness (QED) is 0.0861. The van der Waals surface area contributed by atoms with Crippen LogP contribution in [-0.2, 0) is 9.53 Å². The summed E-state index contributed by atoms with van der Waals surface area (Å²) in [5.74, 6) is -0.0461. The second-order valence-electron chi connectivity index (χ2n) is 9.48. The van der Waals surface area contributed by atoms with Crippen LogP contribution in [0, 0.1) is 0 Å². The summed E-state index contributed by atoms with van der Waals surface area (Å²) in [5.41, 5.74) is 0. The summed E-state index contributed by atoms with van der Waals surface area (Å²) in [4.78, 5) is 13.6. The lowest BCUT2D eigenvalue weighted by Gasteiger charge is -2.09. The molecule has 0 saturated heterocycles. The van der Waals surface area contributed by atoms with Gasteiger partial charge in [-0.1, -0.05) is 109 Å². The van der Waals surface area contributed by atoms with E-state index in [1.165, 1.54) is 103 Å². The highest BCUT2D eigenvalue weighted by Crippen LogP contribution is 2.13. The average Bonchev–Trinajstić information content (AvgIpc) is 2.74. The molecule has 0 atom stereocenters. The maximum atomic E-state index is 11.6. The van der Waals surface area contributed by atoms with Crippen LogP contribution >= 0.6 is 0 Å². The van der Waals surface area contributed by atoms with Crippen molar-refractivity contribution in [2.24, 2.45) is 0 Å². The van der Waals surface area contributed by atoms with Crippen molar-refractivity contribution in [1.82, 2.24) is 4.90 Å². The van der Waals surface area contributed by atoms with Crippen molar-refractivity contribution in [2.45, 2.75) is 135 Å². The molecule has 0 aliphatic carbocycles. The van der Waals surface area contributed by atoms with Crippen LogP contribution in [0.4, 0.5) is 0 Å². The van der Waals surface area contributed by atoms with Gasteiger partial charge in [-0.05, 0) is 46.2 Å². The maximum absolute atomic E-state index is 11.6. The molecule has 0 heterocycles. The molecule has 0 aromatic heterocycles. The molecule has 0 bridgehead atoms. The molecule has 0 radical (unpaired) electrons. The van der Waals surface area contributed by atoms with Gasteiger partial charge in [-0.25, -0.2) is 0 Å². The lowest BCUT2D eigenvalue weighted by Crippen LogP contribution is -2.20. The first-order valence-corrected chi connectivity index (χ1v) is 13.6. The molecular weight excluding hydrogens is 382 g/mol. The monoisotopic (exact) mass is 437 g/mol. The summed E-state index contributed by atoms with van der Waals surface area (Å²) >= 11 is 0. The van der Waals surface area contributed by atoms with Crippen molar-refractivity contribution in [2.75, 3.05) is 27.2 Å². The molecule has 31 heavy (non-hydrogen) atoms. The molecule has 0 amide bonds. The maximum Gasteiger partial charge on any atom is 0.305 e. The first kappa shape index (κ1) is 30.2. The van der Waals surface area contributed by atoms with E-state index in [2.05, 4.69) is 19.1 Å². The summed E-state index contributed by atoms with van der Waals surface area (Å²) < 4.78 is 5.20. The summed E-state index contributed by atoms with van der Waals surface area (Å²) in [6.45, 7) is 3.60. The highest BCUT2D eigenvalue weighted by Gasteiger charge is 2.02. The van der Waals surface area contributed by atoms with E-state index in [0.717, 1.165) is 25.8 Å². The molecule has 0 aromatic rings. The van der Waals surface area contributed by atoms with Gasteiger partial charge < -0.3 is 9.64 Å². The topological polar surface area (TPSA) is 29.5 Å². The predicted molar refractivity (Wildman–Crippen MR) is 137 cm³/mol. The Bertz CT molecular complexity index is 392. The van der Waals surface area contributed by atoms with Gasteiger partial charge in [0.15, 0.2) is 0 Å². The first-order valence-electron chi connectivity index (χ1n) is 13.6. The van der Waals surface area contributed by atoms with Crippen LogP contribution in [0.25, 0.3) is 0 Å². The lowest BCUT2D eigenvalue weighted by molar-refractivity contribution is -0.144. The minimum Gasteiger partial charge on any atom is -0.464 e. The number of unbranched alkanes of at least 4 members (excludes halogenated alkanes) is 17. The number of hydrogen-bond acceptors (Lipinski definition) is 3. The van der Waals surface area contributed by atoms with Crippen molar-refractivity contribution in [1.29, 1.82) is 0 Å². The fourth-order valence-corrected chi connectivity index (χ4v) is 3.81. The molecule has 0 aliphatic heterocycles. The van der Waals surface area contributed by atoms with Gasteiger partial charge in [-0.15, -0.1) is 0 Å². The Labute approximate surface area is 195 Å². The van der Waals surface area contributed by atoms with Gasteiger partial charge in [0.25, 0.3) is 0 Å². The van der Waals surface area contributed by atoms with Gasteiger partial charge in [-0.2, -0.15) is 0 Å². The molecule has 0 saturated carbocycles. The number of hydrogen-bond donors (Lipinski definition) is 0. The standard InChI is InChI=1S/C28H55NO2/c1-4-5-6-7-8-9-10-11-12-13-14-15-16-17-18-19-20-21-22-23-24-25-28(30)31-27-26-29(2)3/h19-20H,4-18,21-27H2,1-3H3. The van der Waals surface area contributed by atoms with E-state index in [9.17, 15) is 4.79 Å². The van der Waals surface area contributed by atoms with Gasteiger partial charge in [0.05, 0.1) is 0 Å². The van der Waals surface area contributed by atoms with Crippen LogP contribution < -0.4 is 0 Å². The van der Waals surface area contributed by atoms with Crippen LogP contribution in [0.15, 0.2) is 12.2 Å². The smallest absolute Gasteiger partial charge is 0.305 e. The van der Waals surface area contributed by atoms with Crippen molar-refractivity contribution in [3.63, 3.8) is 0 Å². The van der Waals surface area contributed by atoms with Gasteiger partial charge in [0, 0.05) is 13.0 Å². The first-order chi connectivity index (χ1) is 15.2. The summed E-state index contributed by atoms with van der Waals surface area (Å²) in [6, 6.07) is 0. The Morgan fingerprint density at radius 2 is 1.06 bits per heavy atom. The molecule has 0 aliphatic rings. The Morgan fingerprint density at radius 3 is 1.52 bits per heavy atom. The third-order valence-electron chi connectivity index (χ3n) is 5.94. The Kier molecular flexibility index (Phi) is 24.7. The van der Waals surface area contributed by atoms with E-state index in [4.69, 9.17) is 4.74 Å². The van der Waals surface area contributed by atoms with Gasteiger partial charge in [0.2, 0.25) is 0 Å². The molecule has 0 aromatic carbocycles. The highest BCUT2D eigenvalue weighted by atomic mass is 16.5. The highest BCUT2D eigenvalue weighted by molar-refractivity contribution is 5.69. The second kappa shape index (κ2) is 25.4. The summed E-state index contributed by atoms with van der Waals surface area (Å²) in [7, 11) is 3.97. The Morgan fingerprint density at radius 1 is 0.645 bits per heavy atom. The molecule has 3 nitrogen and oxygen atoms in total. The van der Waals surface area contributed by atoms with Crippen molar-refractivity contribution < 1.29 is 9.53 Å². The lowest BCUT2D eigenvalue weighted by atomic mass is 10.0. The minimum atomic E-state index is -0.0461. The zero-order valence-corrected chi connectivity index (χ0v) is 21.5. The molecule has 184 valence electrons. The second-order valence-corrected chi connectivity index (χ2v) is 9.48. The Hall–Kier alpha value is -0.830.